The zero-order valence-electron chi connectivity index (χ0n) is 12.4. The third kappa shape index (κ3) is 2.10. The van der Waals surface area contributed by atoms with Gasteiger partial charge in [-0.05, 0) is 49.4 Å². The molecule has 4 fully saturated rings. The molecule has 1 aliphatic heterocycles. The van der Waals surface area contributed by atoms with E-state index in [2.05, 4.69) is 14.9 Å². The summed E-state index contributed by atoms with van der Waals surface area (Å²) in [5.41, 5.74) is 0.348. The first kappa shape index (κ1) is 13.0. The van der Waals surface area contributed by atoms with Crippen LogP contribution in [-0.2, 0) is 4.74 Å². The number of nitrogens with zero attached hydrogens (tertiary/aromatic N) is 3. The minimum absolute atomic E-state index is 0.348. The highest BCUT2D eigenvalue weighted by Crippen LogP contribution is 2.52. The van der Waals surface area contributed by atoms with Crippen molar-refractivity contribution in [2.45, 2.75) is 25.7 Å². The van der Waals surface area contributed by atoms with Crippen LogP contribution < -0.4 is 4.90 Å². The number of esters is 1. The third-order valence-electron chi connectivity index (χ3n) is 5.81. The van der Waals surface area contributed by atoms with E-state index < -0.39 is 5.97 Å². The lowest BCUT2D eigenvalue weighted by Crippen LogP contribution is -2.38. The van der Waals surface area contributed by atoms with Crippen molar-refractivity contribution in [2.24, 2.45) is 23.7 Å². The SMILES string of the molecule is COC(=O)c1cc(N2C[C@@H]3C4CCC(CC4)[C@@H]3C2)ncn1. The van der Waals surface area contributed by atoms with Gasteiger partial charge in [-0.2, -0.15) is 0 Å². The van der Waals surface area contributed by atoms with E-state index in [4.69, 9.17) is 4.74 Å². The fraction of sp³-hybridized carbons (Fsp3) is 0.688. The van der Waals surface area contributed by atoms with Gasteiger partial charge in [0.1, 0.15) is 12.1 Å². The normalized spacial score (nSPS) is 33.9. The van der Waals surface area contributed by atoms with E-state index in [1.165, 1.54) is 39.1 Å². The summed E-state index contributed by atoms with van der Waals surface area (Å²) in [6.45, 7) is 2.17. The van der Waals surface area contributed by atoms with Crippen LogP contribution in [0.15, 0.2) is 12.4 Å². The Balaban J connectivity index is 1.57. The number of aromatic nitrogens is 2. The average molecular weight is 287 g/mol. The van der Waals surface area contributed by atoms with Crippen LogP contribution in [0.4, 0.5) is 5.82 Å². The molecule has 112 valence electrons. The van der Waals surface area contributed by atoms with Gasteiger partial charge in [0.15, 0.2) is 5.69 Å². The number of carbonyl (C=O) groups excluding carboxylic acids is 1. The van der Waals surface area contributed by atoms with E-state index in [1.807, 2.05) is 0 Å². The molecule has 5 rings (SSSR count). The first-order chi connectivity index (χ1) is 10.3. The maximum absolute atomic E-state index is 11.6. The van der Waals surface area contributed by atoms with Gasteiger partial charge in [-0.3, -0.25) is 0 Å². The second-order valence-corrected chi connectivity index (χ2v) is 6.66. The van der Waals surface area contributed by atoms with Crippen LogP contribution >= 0.6 is 0 Å². The number of anilines is 1. The van der Waals surface area contributed by atoms with E-state index >= 15 is 0 Å². The number of rotatable bonds is 2. The fourth-order valence-electron chi connectivity index (χ4n) is 4.78. The van der Waals surface area contributed by atoms with Crippen molar-refractivity contribution < 1.29 is 9.53 Å². The van der Waals surface area contributed by atoms with E-state index in [0.29, 0.717) is 5.69 Å². The van der Waals surface area contributed by atoms with Gasteiger partial charge in [0.05, 0.1) is 7.11 Å². The molecule has 2 heterocycles. The summed E-state index contributed by atoms with van der Waals surface area (Å²) in [5, 5.41) is 0. The molecule has 5 nitrogen and oxygen atoms in total. The monoisotopic (exact) mass is 287 g/mol. The van der Waals surface area contributed by atoms with Gasteiger partial charge >= 0.3 is 5.97 Å². The number of methoxy groups -OCH3 is 1. The molecule has 1 saturated heterocycles. The van der Waals surface area contributed by atoms with Crippen LogP contribution in [-0.4, -0.2) is 36.1 Å². The maximum atomic E-state index is 11.6. The molecule has 0 aromatic carbocycles. The van der Waals surface area contributed by atoms with Gasteiger partial charge in [-0.1, -0.05) is 0 Å². The van der Waals surface area contributed by atoms with Crippen molar-refractivity contribution in [1.29, 1.82) is 0 Å². The van der Waals surface area contributed by atoms with Crippen LogP contribution in [0, 0.1) is 23.7 Å². The summed E-state index contributed by atoms with van der Waals surface area (Å²) in [4.78, 5) is 22.3. The van der Waals surface area contributed by atoms with Gasteiger partial charge in [-0.25, -0.2) is 14.8 Å². The van der Waals surface area contributed by atoms with Crippen molar-refractivity contribution in [1.82, 2.24) is 9.97 Å². The van der Waals surface area contributed by atoms with Crippen LogP contribution in [0.3, 0.4) is 0 Å². The standard InChI is InChI=1S/C16H21N3O2/c1-21-16(20)14-6-15(18-9-17-14)19-7-12-10-2-3-11(5-4-10)13(12)8-19/h6,9-13H,2-5,7-8H2,1H3/t10?,11?,12-,13+. The predicted molar refractivity (Wildman–Crippen MR) is 78.0 cm³/mol. The molecule has 0 spiro atoms. The largest absolute Gasteiger partial charge is 0.464 e. The Kier molecular flexibility index (Phi) is 3.08. The van der Waals surface area contributed by atoms with Crippen molar-refractivity contribution in [2.75, 3.05) is 25.1 Å². The van der Waals surface area contributed by atoms with Crippen molar-refractivity contribution in [3.05, 3.63) is 18.1 Å². The lowest BCUT2D eigenvalue weighted by molar-refractivity contribution is 0.0577. The Hall–Kier alpha value is -1.65. The number of ether oxygens (including phenoxy) is 1. The second-order valence-electron chi connectivity index (χ2n) is 6.66. The van der Waals surface area contributed by atoms with Crippen molar-refractivity contribution in [3.8, 4) is 0 Å². The van der Waals surface area contributed by atoms with Gasteiger partial charge in [0, 0.05) is 19.2 Å². The van der Waals surface area contributed by atoms with Gasteiger partial charge < -0.3 is 9.64 Å². The van der Waals surface area contributed by atoms with Crippen molar-refractivity contribution >= 4 is 11.8 Å². The highest BCUT2D eigenvalue weighted by Gasteiger charge is 2.48. The quantitative estimate of drug-likeness (QED) is 0.780. The zero-order chi connectivity index (χ0) is 14.4. The Morgan fingerprint density at radius 1 is 1.14 bits per heavy atom. The molecule has 2 atom stereocenters. The fourth-order valence-corrected chi connectivity index (χ4v) is 4.78. The number of carbonyl (C=O) groups is 1. The molecular weight excluding hydrogens is 266 g/mol. The lowest BCUT2D eigenvalue weighted by Gasteiger charge is -2.44. The Bertz CT molecular complexity index is 534. The van der Waals surface area contributed by atoms with Gasteiger partial charge in [0.25, 0.3) is 0 Å². The molecule has 21 heavy (non-hydrogen) atoms. The zero-order valence-corrected chi connectivity index (χ0v) is 12.4. The topological polar surface area (TPSA) is 55.3 Å². The minimum Gasteiger partial charge on any atom is -0.464 e. The summed E-state index contributed by atoms with van der Waals surface area (Å²) in [6.07, 6.45) is 7.12. The molecule has 0 radical (unpaired) electrons. The highest BCUT2D eigenvalue weighted by molar-refractivity contribution is 5.87. The molecule has 4 aliphatic rings. The van der Waals surface area contributed by atoms with Gasteiger partial charge in [0.2, 0.25) is 0 Å². The van der Waals surface area contributed by atoms with Crippen LogP contribution in [0.5, 0.6) is 0 Å². The summed E-state index contributed by atoms with van der Waals surface area (Å²) in [6, 6.07) is 1.77. The number of fused-ring (bicyclic) bond motifs is 2. The van der Waals surface area contributed by atoms with E-state index in [9.17, 15) is 4.79 Å². The summed E-state index contributed by atoms with van der Waals surface area (Å²) < 4.78 is 4.74. The molecular formula is C16H21N3O2. The number of hydrogen-bond donors (Lipinski definition) is 0. The molecule has 0 unspecified atom stereocenters. The van der Waals surface area contributed by atoms with Crippen LogP contribution in [0.25, 0.3) is 0 Å². The Morgan fingerprint density at radius 2 is 1.76 bits per heavy atom. The summed E-state index contributed by atoms with van der Waals surface area (Å²) in [7, 11) is 1.38. The summed E-state index contributed by atoms with van der Waals surface area (Å²) >= 11 is 0. The molecule has 0 amide bonds. The maximum Gasteiger partial charge on any atom is 0.356 e. The Morgan fingerprint density at radius 3 is 2.33 bits per heavy atom. The van der Waals surface area contributed by atoms with E-state index in [0.717, 1.165) is 42.6 Å². The first-order valence-corrected chi connectivity index (χ1v) is 7.91. The smallest absolute Gasteiger partial charge is 0.356 e. The van der Waals surface area contributed by atoms with E-state index in [1.54, 1.807) is 6.07 Å². The number of hydrogen-bond acceptors (Lipinski definition) is 5. The van der Waals surface area contributed by atoms with Crippen LogP contribution in [0.2, 0.25) is 0 Å². The molecule has 1 aromatic rings. The molecule has 0 N–H and O–H groups in total. The highest BCUT2D eigenvalue weighted by atomic mass is 16.5. The second kappa shape index (κ2) is 4.97. The molecule has 5 heteroatoms. The molecule has 1 aromatic heterocycles. The molecule has 3 saturated carbocycles. The average Bonchev–Trinajstić information content (AvgIpc) is 3.03. The van der Waals surface area contributed by atoms with Crippen molar-refractivity contribution in [3.63, 3.8) is 0 Å². The molecule has 2 bridgehead atoms. The predicted octanol–water partition coefficient (Wildman–Crippen LogP) is 2.14. The third-order valence-corrected chi connectivity index (χ3v) is 5.81. The van der Waals surface area contributed by atoms with Gasteiger partial charge in [-0.15, -0.1) is 0 Å². The minimum atomic E-state index is -0.393. The summed E-state index contributed by atoms with van der Waals surface area (Å²) in [5.74, 6) is 3.96. The Labute approximate surface area is 124 Å². The van der Waals surface area contributed by atoms with Crippen LogP contribution in [0.1, 0.15) is 36.2 Å². The first-order valence-electron chi connectivity index (χ1n) is 7.91. The van der Waals surface area contributed by atoms with E-state index in [-0.39, 0.29) is 0 Å². The lowest BCUT2D eigenvalue weighted by atomic mass is 9.60. The molecule has 3 aliphatic carbocycles.